The van der Waals surface area contributed by atoms with Crippen LogP contribution in [0.5, 0.6) is 5.75 Å². The van der Waals surface area contributed by atoms with Gasteiger partial charge in [-0.15, -0.1) is 0 Å². The summed E-state index contributed by atoms with van der Waals surface area (Å²) in [5.74, 6) is 0.721. The van der Waals surface area contributed by atoms with E-state index in [1.54, 1.807) is 48.8 Å². The molecule has 1 aromatic carbocycles. The molecule has 116 valence electrons. The van der Waals surface area contributed by atoms with Crippen molar-refractivity contribution in [1.29, 1.82) is 0 Å². The van der Waals surface area contributed by atoms with E-state index in [4.69, 9.17) is 4.74 Å². The third-order valence-corrected chi connectivity index (χ3v) is 5.55. The van der Waals surface area contributed by atoms with Crippen LogP contribution in [-0.2, 0) is 10.0 Å². The van der Waals surface area contributed by atoms with Crippen molar-refractivity contribution < 1.29 is 13.2 Å². The molecule has 1 aromatic heterocycles. The standard InChI is InChI=1S/C16H18N2O3S/c19-22(20,16-6-2-1-3-7-16)18-12-4-5-15(13-18)21-14-8-10-17-11-9-14/h1-3,6-11,15H,4-5,12-13H2. The van der Waals surface area contributed by atoms with E-state index in [2.05, 4.69) is 4.98 Å². The predicted molar refractivity (Wildman–Crippen MR) is 83.1 cm³/mol. The highest BCUT2D eigenvalue weighted by Gasteiger charge is 2.31. The number of hydrogen-bond acceptors (Lipinski definition) is 4. The fourth-order valence-electron chi connectivity index (χ4n) is 2.57. The molecule has 3 rings (SSSR count). The molecule has 0 bridgehead atoms. The van der Waals surface area contributed by atoms with Crippen LogP contribution in [-0.4, -0.2) is 36.9 Å². The number of benzene rings is 1. The Bertz CT molecular complexity index is 705. The quantitative estimate of drug-likeness (QED) is 0.868. The van der Waals surface area contributed by atoms with Gasteiger partial charge in [-0.2, -0.15) is 4.31 Å². The summed E-state index contributed by atoms with van der Waals surface area (Å²) < 4.78 is 32.7. The van der Waals surface area contributed by atoms with Crippen LogP contribution < -0.4 is 4.74 Å². The maximum absolute atomic E-state index is 12.6. The highest BCUT2D eigenvalue weighted by Crippen LogP contribution is 2.23. The summed E-state index contributed by atoms with van der Waals surface area (Å²) in [4.78, 5) is 4.28. The van der Waals surface area contributed by atoms with E-state index in [1.807, 2.05) is 6.07 Å². The van der Waals surface area contributed by atoms with Crippen LogP contribution in [0.15, 0.2) is 59.8 Å². The molecular formula is C16H18N2O3S. The number of pyridine rings is 1. The second kappa shape index (κ2) is 6.46. The second-order valence-corrected chi connectivity index (χ2v) is 7.18. The number of piperidine rings is 1. The normalized spacial score (nSPS) is 19.7. The molecule has 22 heavy (non-hydrogen) atoms. The van der Waals surface area contributed by atoms with Gasteiger partial charge in [0, 0.05) is 18.9 Å². The van der Waals surface area contributed by atoms with E-state index in [-0.39, 0.29) is 6.10 Å². The summed E-state index contributed by atoms with van der Waals surface area (Å²) in [7, 11) is -3.45. The lowest BCUT2D eigenvalue weighted by Gasteiger charge is -2.32. The molecule has 1 atom stereocenters. The van der Waals surface area contributed by atoms with Gasteiger partial charge in [0.2, 0.25) is 10.0 Å². The van der Waals surface area contributed by atoms with E-state index in [0.29, 0.717) is 18.0 Å². The molecular weight excluding hydrogens is 300 g/mol. The van der Waals surface area contributed by atoms with Crippen LogP contribution in [0.1, 0.15) is 12.8 Å². The zero-order chi connectivity index (χ0) is 15.4. The van der Waals surface area contributed by atoms with Gasteiger partial charge in [-0.25, -0.2) is 8.42 Å². The molecule has 1 aliphatic heterocycles. The first-order chi connectivity index (χ1) is 10.7. The SMILES string of the molecule is O=S(=O)(c1ccccc1)N1CCCC(Oc2ccncc2)C1. The molecule has 2 aromatic rings. The Balaban J connectivity index is 1.73. The molecule has 1 saturated heterocycles. The van der Waals surface area contributed by atoms with Crippen molar-refractivity contribution >= 4 is 10.0 Å². The zero-order valence-electron chi connectivity index (χ0n) is 12.1. The van der Waals surface area contributed by atoms with Gasteiger partial charge in [0.15, 0.2) is 0 Å². The van der Waals surface area contributed by atoms with Crippen LogP contribution in [0.4, 0.5) is 0 Å². The van der Waals surface area contributed by atoms with Gasteiger partial charge in [0.25, 0.3) is 0 Å². The lowest BCUT2D eigenvalue weighted by atomic mass is 10.1. The average Bonchev–Trinajstić information content (AvgIpc) is 2.57. The summed E-state index contributed by atoms with van der Waals surface area (Å²) in [6.45, 7) is 0.910. The van der Waals surface area contributed by atoms with Crippen molar-refractivity contribution in [2.75, 3.05) is 13.1 Å². The average molecular weight is 318 g/mol. The molecule has 0 aliphatic carbocycles. The summed E-state index contributed by atoms with van der Waals surface area (Å²) in [5.41, 5.74) is 0. The van der Waals surface area contributed by atoms with Crippen molar-refractivity contribution in [2.45, 2.75) is 23.8 Å². The summed E-state index contributed by atoms with van der Waals surface area (Å²) >= 11 is 0. The second-order valence-electron chi connectivity index (χ2n) is 5.24. The van der Waals surface area contributed by atoms with E-state index in [9.17, 15) is 8.42 Å². The molecule has 1 aliphatic rings. The maximum atomic E-state index is 12.6. The van der Waals surface area contributed by atoms with Crippen molar-refractivity contribution in [1.82, 2.24) is 9.29 Å². The molecule has 5 nitrogen and oxygen atoms in total. The molecule has 0 radical (unpaired) electrons. The van der Waals surface area contributed by atoms with Gasteiger partial charge in [0.05, 0.1) is 11.4 Å². The maximum Gasteiger partial charge on any atom is 0.243 e. The minimum atomic E-state index is -3.45. The van der Waals surface area contributed by atoms with Crippen LogP contribution in [0.25, 0.3) is 0 Å². The third kappa shape index (κ3) is 3.28. The molecule has 2 heterocycles. The number of sulfonamides is 1. The van der Waals surface area contributed by atoms with E-state index < -0.39 is 10.0 Å². The van der Waals surface area contributed by atoms with Crippen LogP contribution in [0.2, 0.25) is 0 Å². The van der Waals surface area contributed by atoms with Crippen LogP contribution in [0, 0.1) is 0 Å². The van der Waals surface area contributed by atoms with Crippen molar-refractivity contribution in [3.05, 3.63) is 54.9 Å². The Labute approximate surface area is 130 Å². The van der Waals surface area contributed by atoms with Gasteiger partial charge < -0.3 is 4.74 Å². The number of ether oxygens (including phenoxy) is 1. The number of nitrogens with zero attached hydrogens (tertiary/aromatic N) is 2. The Kier molecular flexibility index (Phi) is 4.40. The van der Waals surface area contributed by atoms with Gasteiger partial charge in [-0.3, -0.25) is 4.98 Å². The summed E-state index contributed by atoms with van der Waals surface area (Å²) in [6.07, 6.45) is 4.84. The fraction of sp³-hybridized carbons (Fsp3) is 0.312. The molecule has 0 amide bonds. The van der Waals surface area contributed by atoms with E-state index in [0.717, 1.165) is 18.6 Å². The highest BCUT2D eigenvalue weighted by molar-refractivity contribution is 7.89. The minimum absolute atomic E-state index is 0.130. The van der Waals surface area contributed by atoms with Gasteiger partial charge in [0.1, 0.15) is 11.9 Å². The van der Waals surface area contributed by atoms with Gasteiger partial charge in [-0.1, -0.05) is 18.2 Å². The van der Waals surface area contributed by atoms with E-state index >= 15 is 0 Å². The molecule has 6 heteroatoms. The minimum Gasteiger partial charge on any atom is -0.489 e. The van der Waals surface area contributed by atoms with Crippen molar-refractivity contribution in [2.24, 2.45) is 0 Å². The lowest BCUT2D eigenvalue weighted by molar-refractivity contribution is 0.129. The first-order valence-corrected chi connectivity index (χ1v) is 8.72. The Morgan fingerprint density at radius 3 is 2.55 bits per heavy atom. The molecule has 0 spiro atoms. The molecule has 1 fully saturated rings. The van der Waals surface area contributed by atoms with Crippen LogP contribution >= 0.6 is 0 Å². The summed E-state index contributed by atoms with van der Waals surface area (Å²) in [5, 5.41) is 0. The smallest absolute Gasteiger partial charge is 0.243 e. The van der Waals surface area contributed by atoms with Crippen LogP contribution in [0.3, 0.4) is 0 Å². The predicted octanol–water partition coefficient (Wildman–Crippen LogP) is 2.31. The topological polar surface area (TPSA) is 59.5 Å². The molecule has 0 saturated carbocycles. The Hall–Kier alpha value is -1.92. The Morgan fingerprint density at radius 1 is 1.09 bits per heavy atom. The van der Waals surface area contributed by atoms with Crippen molar-refractivity contribution in [3.8, 4) is 5.75 Å². The zero-order valence-corrected chi connectivity index (χ0v) is 12.9. The number of hydrogen-bond donors (Lipinski definition) is 0. The lowest BCUT2D eigenvalue weighted by Crippen LogP contribution is -2.44. The Morgan fingerprint density at radius 2 is 1.82 bits per heavy atom. The largest absolute Gasteiger partial charge is 0.489 e. The first kappa shape index (κ1) is 15.0. The molecule has 1 unspecified atom stereocenters. The van der Waals surface area contributed by atoms with E-state index in [1.165, 1.54) is 4.31 Å². The summed E-state index contributed by atoms with van der Waals surface area (Å²) in [6, 6.07) is 12.1. The van der Waals surface area contributed by atoms with Gasteiger partial charge >= 0.3 is 0 Å². The number of rotatable bonds is 4. The molecule has 0 N–H and O–H groups in total. The fourth-order valence-corrected chi connectivity index (χ4v) is 4.10. The highest BCUT2D eigenvalue weighted by atomic mass is 32.2. The van der Waals surface area contributed by atoms with Gasteiger partial charge in [-0.05, 0) is 37.1 Å². The first-order valence-electron chi connectivity index (χ1n) is 7.28. The number of aromatic nitrogens is 1. The third-order valence-electron chi connectivity index (χ3n) is 3.67. The van der Waals surface area contributed by atoms with Crippen molar-refractivity contribution in [3.63, 3.8) is 0 Å². The monoisotopic (exact) mass is 318 g/mol.